The number of nitrogens with one attached hydrogen (secondary N) is 3. The number of aliphatic imine (C=N–C) groups is 1. The first kappa shape index (κ1) is 25.5. The van der Waals surface area contributed by atoms with Crippen molar-refractivity contribution in [3.05, 3.63) is 29.3 Å². The molecule has 0 aromatic heterocycles. The van der Waals surface area contributed by atoms with Crippen LogP contribution in [0.25, 0.3) is 0 Å². The fourth-order valence-corrected chi connectivity index (χ4v) is 2.23. The van der Waals surface area contributed by atoms with Crippen LogP contribution in [0.5, 0.6) is 5.75 Å². The van der Waals surface area contributed by atoms with Gasteiger partial charge in [-0.15, -0.1) is 24.0 Å². The maximum Gasteiger partial charge on any atom is 0.222 e. The van der Waals surface area contributed by atoms with Crippen LogP contribution in [-0.4, -0.2) is 37.6 Å². The minimum absolute atomic E-state index is 0. The lowest BCUT2D eigenvalue weighted by Gasteiger charge is -2.15. The molecule has 0 bridgehead atoms. The molecule has 27 heavy (non-hydrogen) atoms. The van der Waals surface area contributed by atoms with Gasteiger partial charge >= 0.3 is 0 Å². The van der Waals surface area contributed by atoms with Gasteiger partial charge in [-0.05, 0) is 39.3 Å². The average molecular weight is 490 g/mol. The SMILES string of the molecule is CCNC(=NCc1ccc(C)cc1OC(C)C)NCCNC(=O)C(C)C.I. The maximum atomic E-state index is 11.6. The second-order valence-corrected chi connectivity index (χ2v) is 6.85. The van der Waals surface area contributed by atoms with E-state index in [1.54, 1.807) is 0 Å². The van der Waals surface area contributed by atoms with Crippen molar-refractivity contribution in [1.29, 1.82) is 0 Å². The number of carbonyl (C=O) groups is 1. The number of guanidine groups is 1. The van der Waals surface area contributed by atoms with Crippen LogP contribution >= 0.6 is 24.0 Å². The molecule has 7 heteroatoms. The Bertz CT molecular complexity index is 604. The largest absolute Gasteiger partial charge is 0.491 e. The first-order valence-corrected chi connectivity index (χ1v) is 9.39. The van der Waals surface area contributed by atoms with Crippen LogP contribution in [0.15, 0.2) is 23.2 Å². The molecule has 6 nitrogen and oxygen atoms in total. The molecule has 0 aliphatic carbocycles. The van der Waals surface area contributed by atoms with E-state index in [-0.39, 0.29) is 41.9 Å². The molecule has 0 aliphatic heterocycles. The van der Waals surface area contributed by atoms with E-state index in [0.717, 1.165) is 23.8 Å². The summed E-state index contributed by atoms with van der Waals surface area (Å²) in [5, 5.41) is 9.35. The predicted molar refractivity (Wildman–Crippen MR) is 123 cm³/mol. The molecule has 1 aromatic carbocycles. The standard InChI is InChI=1S/C20H34N4O2.HI/c1-7-21-20(23-11-10-22-19(25)14(2)3)24-13-17-9-8-16(6)12-18(17)26-15(4)5;/h8-9,12,14-15H,7,10-11,13H2,1-6H3,(H,22,25)(H2,21,23,24);1H. The first-order chi connectivity index (χ1) is 12.3. The van der Waals surface area contributed by atoms with E-state index >= 15 is 0 Å². The van der Waals surface area contributed by atoms with Crippen LogP contribution in [0.2, 0.25) is 0 Å². The number of nitrogens with zero attached hydrogens (tertiary/aromatic N) is 1. The van der Waals surface area contributed by atoms with Crippen LogP contribution in [0.4, 0.5) is 0 Å². The van der Waals surface area contributed by atoms with E-state index in [1.165, 1.54) is 5.56 Å². The Kier molecular flexibility index (Phi) is 12.9. The van der Waals surface area contributed by atoms with Crippen LogP contribution in [0, 0.1) is 12.8 Å². The molecule has 0 saturated carbocycles. The fraction of sp³-hybridized carbons (Fsp3) is 0.600. The van der Waals surface area contributed by atoms with Gasteiger partial charge in [0.1, 0.15) is 5.75 Å². The summed E-state index contributed by atoms with van der Waals surface area (Å²) in [5.41, 5.74) is 2.22. The monoisotopic (exact) mass is 490 g/mol. The molecule has 0 fully saturated rings. The Morgan fingerprint density at radius 1 is 1.11 bits per heavy atom. The van der Waals surface area contributed by atoms with Gasteiger partial charge in [0.25, 0.3) is 0 Å². The molecule has 1 aromatic rings. The van der Waals surface area contributed by atoms with Crippen molar-refractivity contribution < 1.29 is 9.53 Å². The van der Waals surface area contributed by atoms with Gasteiger partial charge < -0.3 is 20.7 Å². The summed E-state index contributed by atoms with van der Waals surface area (Å²) in [6.45, 7) is 14.4. The maximum absolute atomic E-state index is 11.6. The van der Waals surface area contributed by atoms with Gasteiger partial charge in [-0.1, -0.05) is 26.0 Å². The molecule has 0 heterocycles. The summed E-state index contributed by atoms with van der Waals surface area (Å²) in [5.74, 6) is 1.66. The van der Waals surface area contributed by atoms with E-state index in [2.05, 4.69) is 40.0 Å². The highest BCUT2D eigenvalue weighted by atomic mass is 127. The minimum Gasteiger partial charge on any atom is -0.491 e. The quantitative estimate of drug-likeness (QED) is 0.215. The van der Waals surface area contributed by atoms with Crippen LogP contribution in [0.3, 0.4) is 0 Å². The molecule has 154 valence electrons. The van der Waals surface area contributed by atoms with Gasteiger partial charge in [0.05, 0.1) is 12.6 Å². The number of aryl methyl sites for hydroxylation is 1. The van der Waals surface area contributed by atoms with Gasteiger partial charge in [-0.2, -0.15) is 0 Å². The third-order valence-corrected chi connectivity index (χ3v) is 3.58. The van der Waals surface area contributed by atoms with Crippen molar-refractivity contribution in [2.24, 2.45) is 10.9 Å². The Balaban J connectivity index is 0.00000676. The van der Waals surface area contributed by atoms with E-state index in [9.17, 15) is 4.79 Å². The number of benzene rings is 1. The Labute approximate surface area is 181 Å². The van der Waals surface area contributed by atoms with E-state index < -0.39 is 0 Å². The van der Waals surface area contributed by atoms with Crippen LogP contribution in [0.1, 0.15) is 45.7 Å². The number of rotatable bonds is 9. The molecular formula is C20H35IN4O2. The van der Waals surface area contributed by atoms with Crippen molar-refractivity contribution in [2.45, 2.75) is 54.2 Å². The zero-order valence-corrected chi connectivity index (χ0v) is 19.7. The topological polar surface area (TPSA) is 74.8 Å². The Morgan fingerprint density at radius 3 is 2.37 bits per heavy atom. The molecule has 0 spiro atoms. The number of halogens is 1. The van der Waals surface area contributed by atoms with Crippen molar-refractivity contribution in [3.63, 3.8) is 0 Å². The highest BCUT2D eigenvalue weighted by molar-refractivity contribution is 14.0. The minimum atomic E-state index is -0.00202. The summed E-state index contributed by atoms with van der Waals surface area (Å²) < 4.78 is 5.91. The Hall–Kier alpha value is -1.51. The molecular weight excluding hydrogens is 455 g/mol. The zero-order chi connectivity index (χ0) is 19.5. The van der Waals surface area contributed by atoms with Crippen molar-refractivity contribution in [3.8, 4) is 5.75 Å². The fourth-order valence-electron chi connectivity index (χ4n) is 2.23. The highest BCUT2D eigenvalue weighted by Gasteiger charge is 2.07. The molecule has 0 unspecified atom stereocenters. The summed E-state index contributed by atoms with van der Waals surface area (Å²) in [7, 11) is 0. The summed E-state index contributed by atoms with van der Waals surface area (Å²) in [4.78, 5) is 16.2. The van der Waals surface area contributed by atoms with E-state index in [0.29, 0.717) is 19.6 Å². The zero-order valence-electron chi connectivity index (χ0n) is 17.4. The number of hydrogen-bond acceptors (Lipinski definition) is 3. The number of carbonyl (C=O) groups excluding carboxylic acids is 1. The lowest BCUT2D eigenvalue weighted by Crippen LogP contribution is -2.42. The van der Waals surface area contributed by atoms with Gasteiger partial charge in [-0.25, -0.2) is 4.99 Å². The average Bonchev–Trinajstić information content (AvgIpc) is 2.56. The lowest BCUT2D eigenvalue weighted by molar-refractivity contribution is -0.123. The molecule has 0 radical (unpaired) electrons. The lowest BCUT2D eigenvalue weighted by atomic mass is 10.1. The second kappa shape index (κ2) is 13.6. The third-order valence-electron chi connectivity index (χ3n) is 3.58. The molecule has 0 aliphatic rings. The number of ether oxygens (including phenoxy) is 1. The normalized spacial score (nSPS) is 11.2. The Morgan fingerprint density at radius 2 is 1.78 bits per heavy atom. The smallest absolute Gasteiger partial charge is 0.222 e. The predicted octanol–water partition coefficient (Wildman–Crippen LogP) is 3.23. The van der Waals surface area contributed by atoms with Crippen molar-refractivity contribution in [2.75, 3.05) is 19.6 Å². The van der Waals surface area contributed by atoms with Crippen LogP contribution in [-0.2, 0) is 11.3 Å². The third kappa shape index (κ3) is 10.4. The second-order valence-electron chi connectivity index (χ2n) is 6.85. The number of amides is 1. The van der Waals surface area contributed by atoms with Crippen LogP contribution < -0.4 is 20.7 Å². The van der Waals surface area contributed by atoms with E-state index in [1.807, 2.05) is 40.7 Å². The molecule has 0 saturated heterocycles. The van der Waals surface area contributed by atoms with Crippen molar-refractivity contribution in [1.82, 2.24) is 16.0 Å². The van der Waals surface area contributed by atoms with Gasteiger partial charge in [-0.3, -0.25) is 4.79 Å². The number of hydrogen-bond donors (Lipinski definition) is 3. The first-order valence-electron chi connectivity index (χ1n) is 9.39. The van der Waals surface area contributed by atoms with E-state index in [4.69, 9.17) is 4.74 Å². The molecule has 0 atom stereocenters. The van der Waals surface area contributed by atoms with Gasteiger partial charge in [0.15, 0.2) is 5.96 Å². The molecule has 1 amide bonds. The molecule has 3 N–H and O–H groups in total. The van der Waals surface area contributed by atoms with Gasteiger partial charge in [0, 0.05) is 31.1 Å². The van der Waals surface area contributed by atoms with Gasteiger partial charge in [0.2, 0.25) is 5.91 Å². The summed E-state index contributed by atoms with van der Waals surface area (Å²) in [6, 6.07) is 6.18. The van der Waals surface area contributed by atoms with Crippen molar-refractivity contribution >= 4 is 35.8 Å². The summed E-state index contributed by atoms with van der Waals surface area (Å²) >= 11 is 0. The highest BCUT2D eigenvalue weighted by Crippen LogP contribution is 2.22. The molecule has 1 rings (SSSR count). The summed E-state index contributed by atoms with van der Waals surface area (Å²) in [6.07, 6.45) is 0.121.